The number of likely N-dealkylation sites (tertiary alicyclic amines) is 2. The topological polar surface area (TPSA) is 24.9 Å². The summed E-state index contributed by atoms with van der Waals surface area (Å²) in [6.07, 6.45) is 4.08. The van der Waals surface area contributed by atoms with Crippen LogP contribution in [0.15, 0.2) is 0 Å². The summed E-state index contributed by atoms with van der Waals surface area (Å²) in [4.78, 5) is 5.19. The third-order valence-electron chi connectivity index (χ3n) is 6.09. The largest absolute Gasteiger partial charge is 0.380 e. The number of hydrogen-bond donors (Lipinski definition) is 0. The molecule has 0 aromatic rings. The van der Waals surface area contributed by atoms with E-state index in [2.05, 4.69) is 37.5 Å². The van der Waals surface area contributed by atoms with Gasteiger partial charge in [0, 0.05) is 43.2 Å². The molecule has 3 aliphatic heterocycles. The van der Waals surface area contributed by atoms with Crippen molar-refractivity contribution in [1.29, 1.82) is 0 Å². The van der Waals surface area contributed by atoms with Crippen LogP contribution in [0.5, 0.6) is 0 Å². The Hall–Kier alpha value is -0.160. The minimum Gasteiger partial charge on any atom is -0.380 e. The van der Waals surface area contributed by atoms with E-state index in [1.807, 2.05) is 0 Å². The van der Waals surface area contributed by atoms with Crippen LogP contribution in [0.3, 0.4) is 0 Å². The molecule has 3 rings (SSSR count). The molecule has 1 spiro atoms. The Morgan fingerprint density at radius 2 is 2.05 bits per heavy atom. The van der Waals surface area contributed by atoms with Gasteiger partial charge in [0.2, 0.25) is 0 Å². The zero-order valence-electron chi connectivity index (χ0n) is 14.9. The highest BCUT2D eigenvalue weighted by molar-refractivity contribution is 4.99. The molecule has 128 valence electrons. The third-order valence-corrected chi connectivity index (χ3v) is 6.09. The molecule has 22 heavy (non-hydrogen) atoms. The number of nitrogens with zero attached hydrogens (tertiary/aromatic N) is 2. The lowest BCUT2D eigenvalue weighted by Crippen LogP contribution is -2.49. The van der Waals surface area contributed by atoms with Crippen LogP contribution in [-0.2, 0) is 9.47 Å². The maximum atomic E-state index is 6.18. The maximum absolute atomic E-state index is 6.18. The van der Waals surface area contributed by atoms with E-state index in [0.717, 1.165) is 32.8 Å². The van der Waals surface area contributed by atoms with Gasteiger partial charge in [0.1, 0.15) is 0 Å². The zero-order valence-corrected chi connectivity index (χ0v) is 14.9. The first-order valence-electron chi connectivity index (χ1n) is 9.09. The van der Waals surface area contributed by atoms with Crippen LogP contribution in [0.1, 0.15) is 47.0 Å². The van der Waals surface area contributed by atoms with Gasteiger partial charge in [-0.3, -0.25) is 9.80 Å². The lowest BCUT2D eigenvalue weighted by molar-refractivity contribution is -0.109. The molecule has 4 heteroatoms. The van der Waals surface area contributed by atoms with E-state index in [1.165, 1.54) is 32.5 Å². The molecule has 0 aliphatic carbocycles. The SMILES string of the molecule is CC(C)N1CCC(OCCC(C)(C)N2CCC3(COC3)C2)C1. The predicted octanol–water partition coefficient (Wildman–Crippen LogP) is 2.38. The zero-order chi connectivity index (χ0) is 15.8. The second-order valence-electron chi connectivity index (χ2n) is 8.60. The Bertz CT molecular complexity index is 379. The van der Waals surface area contributed by atoms with Crippen LogP contribution >= 0.6 is 0 Å². The van der Waals surface area contributed by atoms with Crippen LogP contribution < -0.4 is 0 Å². The van der Waals surface area contributed by atoms with E-state index in [-0.39, 0.29) is 5.54 Å². The van der Waals surface area contributed by atoms with Crippen molar-refractivity contribution in [3.63, 3.8) is 0 Å². The summed E-state index contributed by atoms with van der Waals surface area (Å²) in [5.74, 6) is 0. The van der Waals surface area contributed by atoms with Crippen molar-refractivity contribution in [3.05, 3.63) is 0 Å². The van der Waals surface area contributed by atoms with Crippen LogP contribution in [0.4, 0.5) is 0 Å². The second-order valence-corrected chi connectivity index (χ2v) is 8.60. The van der Waals surface area contributed by atoms with Crippen molar-refractivity contribution in [2.75, 3.05) is 46.0 Å². The van der Waals surface area contributed by atoms with Crippen molar-refractivity contribution in [2.24, 2.45) is 5.41 Å². The highest BCUT2D eigenvalue weighted by Gasteiger charge is 2.47. The van der Waals surface area contributed by atoms with Gasteiger partial charge in [-0.25, -0.2) is 0 Å². The monoisotopic (exact) mass is 310 g/mol. The molecular formula is C18H34N2O2. The molecule has 0 N–H and O–H groups in total. The molecular weight excluding hydrogens is 276 g/mol. The van der Waals surface area contributed by atoms with E-state index < -0.39 is 0 Å². The van der Waals surface area contributed by atoms with Crippen molar-refractivity contribution in [3.8, 4) is 0 Å². The lowest BCUT2D eigenvalue weighted by atomic mass is 9.85. The molecule has 3 saturated heterocycles. The van der Waals surface area contributed by atoms with Gasteiger partial charge in [-0.2, -0.15) is 0 Å². The summed E-state index contributed by atoms with van der Waals surface area (Å²) in [7, 11) is 0. The Morgan fingerprint density at radius 1 is 1.27 bits per heavy atom. The van der Waals surface area contributed by atoms with E-state index in [4.69, 9.17) is 9.47 Å². The Labute approximate surface area is 136 Å². The van der Waals surface area contributed by atoms with Crippen molar-refractivity contribution >= 4 is 0 Å². The quantitative estimate of drug-likeness (QED) is 0.752. The Kier molecular flexibility index (Phi) is 4.84. The molecule has 3 fully saturated rings. The van der Waals surface area contributed by atoms with E-state index in [9.17, 15) is 0 Å². The first-order chi connectivity index (χ1) is 10.4. The highest BCUT2D eigenvalue weighted by atomic mass is 16.5. The summed E-state index contributed by atoms with van der Waals surface area (Å²) >= 11 is 0. The van der Waals surface area contributed by atoms with Crippen molar-refractivity contribution < 1.29 is 9.47 Å². The van der Waals surface area contributed by atoms with Gasteiger partial charge in [0.05, 0.1) is 19.3 Å². The summed E-state index contributed by atoms with van der Waals surface area (Å²) in [6, 6.07) is 0.649. The standard InChI is InChI=1S/C18H34N2O2/c1-15(2)19-8-5-16(11-19)22-10-7-17(3,4)20-9-6-18(12-20)13-21-14-18/h15-16H,5-14H2,1-4H3. The molecule has 1 atom stereocenters. The van der Waals surface area contributed by atoms with Gasteiger partial charge < -0.3 is 9.47 Å². The van der Waals surface area contributed by atoms with Crippen LogP contribution in [0.25, 0.3) is 0 Å². The Balaban J connectivity index is 1.39. The summed E-state index contributed by atoms with van der Waals surface area (Å²) in [6.45, 7) is 16.9. The van der Waals surface area contributed by atoms with Gasteiger partial charge in [0.25, 0.3) is 0 Å². The number of ether oxygens (including phenoxy) is 2. The average Bonchev–Trinajstić information content (AvgIpc) is 3.05. The van der Waals surface area contributed by atoms with Gasteiger partial charge in [-0.05, 0) is 53.5 Å². The highest BCUT2D eigenvalue weighted by Crippen LogP contribution is 2.40. The molecule has 0 aromatic carbocycles. The summed E-state index contributed by atoms with van der Waals surface area (Å²) in [5.41, 5.74) is 0.733. The van der Waals surface area contributed by atoms with Crippen LogP contribution in [0.2, 0.25) is 0 Å². The molecule has 4 nitrogen and oxygen atoms in total. The number of rotatable bonds is 6. The fourth-order valence-corrected chi connectivity index (χ4v) is 4.07. The first-order valence-corrected chi connectivity index (χ1v) is 9.09. The molecule has 0 aromatic heterocycles. The molecule has 0 bridgehead atoms. The summed E-state index contributed by atoms with van der Waals surface area (Å²) < 4.78 is 11.6. The molecule has 1 unspecified atom stereocenters. The molecule has 0 radical (unpaired) electrons. The summed E-state index contributed by atoms with van der Waals surface area (Å²) in [5, 5.41) is 0. The fourth-order valence-electron chi connectivity index (χ4n) is 4.07. The molecule has 0 saturated carbocycles. The van der Waals surface area contributed by atoms with Gasteiger partial charge in [0.15, 0.2) is 0 Å². The second kappa shape index (κ2) is 6.39. The third kappa shape index (κ3) is 3.50. The smallest absolute Gasteiger partial charge is 0.0714 e. The molecule has 0 amide bonds. The van der Waals surface area contributed by atoms with Crippen LogP contribution in [0, 0.1) is 5.41 Å². The number of hydrogen-bond acceptors (Lipinski definition) is 4. The predicted molar refractivity (Wildman–Crippen MR) is 89.2 cm³/mol. The van der Waals surface area contributed by atoms with E-state index in [1.54, 1.807) is 0 Å². The molecule has 3 aliphatic rings. The van der Waals surface area contributed by atoms with Crippen LogP contribution in [-0.4, -0.2) is 73.5 Å². The first kappa shape index (κ1) is 16.7. The van der Waals surface area contributed by atoms with E-state index in [0.29, 0.717) is 17.6 Å². The van der Waals surface area contributed by atoms with Gasteiger partial charge in [-0.15, -0.1) is 0 Å². The van der Waals surface area contributed by atoms with Gasteiger partial charge >= 0.3 is 0 Å². The normalized spacial score (nSPS) is 29.6. The maximum Gasteiger partial charge on any atom is 0.0714 e. The minimum absolute atomic E-state index is 0.245. The molecule has 3 heterocycles. The Morgan fingerprint density at radius 3 is 2.59 bits per heavy atom. The lowest BCUT2D eigenvalue weighted by Gasteiger charge is -2.41. The van der Waals surface area contributed by atoms with E-state index >= 15 is 0 Å². The van der Waals surface area contributed by atoms with Gasteiger partial charge in [-0.1, -0.05) is 0 Å². The minimum atomic E-state index is 0.245. The van der Waals surface area contributed by atoms with Crippen molar-refractivity contribution in [2.45, 2.75) is 64.6 Å². The average molecular weight is 310 g/mol. The van der Waals surface area contributed by atoms with Crippen molar-refractivity contribution in [1.82, 2.24) is 9.80 Å². The fraction of sp³-hybridized carbons (Fsp3) is 1.00.